The second-order valence-corrected chi connectivity index (χ2v) is 7.59. The summed E-state index contributed by atoms with van der Waals surface area (Å²) in [6, 6.07) is 3.23. The standard InChI is InChI=1S/C19H27N3O5/c1-19(2,3)27-18(25)12-4-7-14(8-5-12)26-16-9-6-13(11-21-16)22-17(24)15(23)10-20/h6,9,11-12,14H,4-5,7-8,10,20H2,1-3H3,(H,22,24). The lowest BCUT2D eigenvalue weighted by atomic mass is 9.87. The lowest BCUT2D eigenvalue weighted by Crippen LogP contribution is -2.33. The second-order valence-electron chi connectivity index (χ2n) is 7.59. The number of carbonyl (C=O) groups is 3. The molecule has 0 bridgehead atoms. The summed E-state index contributed by atoms with van der Waals surface area (Å²) in [6.45, 7) is 5.25. The molecule has 1 saturated carbocycles. The number of hydrogen-bond donors (Lipinski definition) is 2. The third-order valence-electron chi connectivity index (χ3n) is 4.13. The number of hydrogen-bond acceptors (Lipinski definition) is 7. The van der Waals surface area contributed by atoms with Crippen LogP contribution < -0.4 is 15.8 Å². The minimum atomic E-state index is -0.770. The van der Waals surface area contributed by atoms with E-state index in [0.717, 1.165) is 25.7 Å². The lowest BCUT2D eigenvalue weighted by Gasteiger charge is -2.29. The summed E-state index contributed by atoms with van der Waals surface area (Å²) < 4.78 is 11.3. The zero-order valence-electron chi connectivity index (χ0n) is 16.0. The Labute approximate surface area is 158 Å². The largest absolute Gasteiger partial charge is 0.474 e. The number of amides is 1. The Kier molecular flexibility index (Phi) is 6.90. The Hall–Kier alpha value is -2.48. The maximum atomic E-state index is 12.1. The minimum Gasteiger partial charge on any atom is -0.474 e. The first-order valence-electron chi connectivity index (χ1n) is 9.08. The molecule has 8 nitrogen and oxygen atoms in total. The number of anilines is 1. The molecule has 27 heavy (non-hydrogen) atoms. The molecule has 2 rings (SSSR count). The molecule has 0 aromatic carbocycles. The molecule has 1 aromatic rings. The smallest absolute Gasteiger partial charge is 0.309 e. The van der Waals surface area contributed by atoms with Crippen LogP contribution in [0.15, 0.2) is 18.3 Å². The van der Waals surface area contributed by atoms with E-state index >= 15 is 0 Å². The van der Waals surface area contributed by atoms with Gasteiger partial charge in [0.2, 0.25) is 11.7 Å². The van der Waals surface area contributed by atoms with Gasteiger partial charge >= 0.3 is 5.97 Å². The van der Waals surface area contributed by atoms with Crippen LogP contribution in [0.5, 0.6) is 5.88 Å². The van der Waals surface area contributed by atoms with Gasteiger partial charge in [0.25, 0.3) is 5.91 Å². The maximum absolute atomic E-state index is 12.1. The van der Waals surface area contributed by atoms with Crippen LogP contribution in [0.1, 0.15) is 46.5 Å². The molecule has 1 fully saturated rings. The fourth-order valence-electron chi connectivity index (χ4n) is 2.79. The summed E-state index contributed by atoms with van der Waals surface area (Å²) in [6.07, 6.45) is 4.33. The Morgan fingerprint density at radius 3 is 2.37 bits per heavy atom. The van der Waals surface area contributed by atoms with Crippen LogP contribution in [-0.2, 0) is 19.1 Å². The molecule has 0 atom stereocenters. The highest BCUT2D eigenvalue weighted by atomic mass is 16.6. The van der Waals surface area contributed by atoms with Gasteiger partial charge < -0.3 is 20.5 Å². The van der Waals surface area contributed by atoms with Crippen molar-refractivity contribution in [3.8, 4) is 5.88 Å². The van der Waals surface area contributed by atoms with E-state index in [2.05, 4.69) is 10.3 Å². The summed E-state index contributed by atoms with van der Waals surface area (Å²) >= 11 is 0. The van der Waals surface area contributed by atoms with Crippen molar-refractivity contribution in [2.75, 3.05) is 11.9 Å². The molecule has 1 aliphatic rings. The Morgan fingerprint density at radius 1 is 1.19 bits per heavy atom. The van der Waals surface area contributed by atoms with E-state index in [-0.39, 0.29) is 24.5 Å². The zero-order valence-corrected chi connectivity index (χ0v) is 16.0. The van der Waals surface area contributed by atoms with Gasteiger partial charge in [0.15, 0.2) is 0 Å². The van der Waals surface area contributed by atoms with Gasteiger partial charge in [-0.3, -0.25) is 14.4 Å². The molecule has 0 unspecified atom stereocenters. The van der Waals surface area contributed by atoms with Crippen LogP contribution in [0.25, 0.3) is 0 Å². The predicted molar refractivity (Wildman–Crippen MR) is 99.1 cm³/mol. The van der Waals surface area contributed by atoms with Crippen molar-refractivity contribution in [2.24, 2.45) is 11.7 Å². The third kappa shape index (κ3) is 6.63. The van der Waals surface area contributed by atoms with E-state index in [9.17, 15) is 14.4 Å². The van der Waals surface area contributed by atoms with Crippen molar-refractivity contribution in [3.63, 3.8) is 0 Å². The number of nitrogens with two attached hydrogens (primary N) is 1. The molecule has 3 N–H and O–H groups in total. The quantitative estimate of drug-likeness (QED) is 0.573. The number of pyridine rings is 1. The number of carbonyl (C=O) groups excluding carboxylic acids is 3. The number of nitrogens with zero attached hydrogens (tertiary/aromatic N) is 1. The van der Waals surface area contributed by atoms with Gasteiger partial charge in [-0.05, 0) is 52.5 Å². The first-order valence-corrected chi connectivity index (χ1v) is 9.08. The molecule has 148 valence electrons. The highest BCUT2D eigenvalue weighted by molar-refractivity contribution is 6.41. The van der Waals surface area contributed by atoms with Crippen LogP contribution in [0.3, 0.4) is 0 Å². The van der Waals surface area contributed by atoms with Crippen LogP contribution in [0.4, 0.5) is 5.69 Å². The van der Waals surface area contributed by atoms with Crippen molar-refractivity contribution in [1.82, 2.24) is 4.98 Å². The van der Waals surface area contributed by atoms with Crippen LogP contribution >= 0.6 is 0 Å². The number of esters is 1. The SMILES string of the molecule is CC(C)(C)OC(=O)C1CCC(Oc2ccc(NC(=O)C(=O)CN)cn2)CC1. The van der Waals surface area contributed by atoms with Crippen molar-refractivity contribution in [2.45, 2.75) is 58.2 Å². The minimum absolute atomic E-state index is 0.0181. The van der Waals surface area contributed by atoms with Gasteiger partial charge in [-0.1, -0.05) is 0 Å². The molecular weight excluding hydrogens is 350 g/mol. The normalized spacial score (nSPS) is 19.9. The molecule has 8 heteroatoms. The second kappa shape index (κ2) is 8.94. The fraction of sp³-hybridized carbons (Fsp3) is 0.579. The van der Waals surface area contributed by atoms with Gasteiger partial charge in [0.1, 0.15) is 11.7 Å². The highest BCUT2D eigenvalue weighted by Gasteiger charge is 2.30. The summed E-state index contributed by atoms with van der Waals surface area (Å²) in [4.78, 5) is 38.9. The van der Waals surface area contributed by atoms with Crippen molar-refractivity contribution < 1.29 is 23.9 Å². The topological polar surface area (TPSA) is 121 Å². The van der Waals surface area contributed by atoms with Crippen molar-refractivity contribution >= 4 is 23.3 Å². The van der Waals surface area contributed by atoms with Crippen LogP contribution in [0, 0.1) is 5.92 Å². The molecule has 0 saturated heterocycles. The molecule has 1 amide bonds. The number of aromatic nitrogens is 1. The predicted octanol–water partition coefficient (Wildman–Crippen LogP) is 1.83. The van der Waals surface area contributed by atoms with Crippen LogP contribution in [-0.4, -0.2) is 40.9 Å². The summed E-state index contributed by atoms with van der Waals surface area (Å²) in [5.41, 5.74) is 5.06. The van der Waals surface area contributed by atoms with E-state index in [0.29, 0.717) is 11.6 Å². The van der Waals surface area contributed by atoms with Crippen molar-refractivity contribution in [3.05, 3.63) is 18.3 Å². The van der Waals surface area contributed by atoms with Gasteiger partial charge in [0, 0.05) is 6.07 Å². The average Bonchev–Trinajstić information content (AvgIpc) is 2.61. The van der Waals surface area contributed by atoms with E-state index in [4.69, 9.17) is 15.2 Å². The first-order chi connectivity index (χ1) is 12.7. The van der Waals surface area contributed by atoms with E-state index in [1.165, 1.54) is 6.20 Å². The molecule has 0 spiro atoms. The molecule has 1 heterocycles. The zero-order chi connectivity index (χ0) is 20.0. The average molecular weight is 377 g/mol. The van der Waals surface area contributed by atoms with Crippen LogP contribution in [0.2, 0.25) is 0 Å². The van der Waals surface area contributed by atoms with E-state index in [1.807, 2.05) is 20.8 Å². The monoisotopic (exact) mass is 377 g/mol. The summed E-state index contributed by atoms with van der Waals surface area (Å²) in [5.74, 6) is -1.27. The Bertz CT molecular complexity index is 674. The molecule has 0 aliphatic heterocycles. The van der Waals surface area contributed by atoms with Gasteiger partial charge in [-0.2, -0.15) is 0 Å². The molecule has 1 aliphatic carbocycles. The Balaban J connectivity index is 1.81. The fourth-order valence-corrected chi connectivity index (χ4v) is 2.79. The number of nitrogens with one attached hydrogen (secondary N) is 1. The van der Waals surface area contributed by atoms with Gasteiger partial charge in [-0.25, -0.2) is 4.98 Å². The number of Topliss-reactive ketones (excluding diaryl/α,β-unsaturated/α-hetero) is 1. The molecular formula is C19H27N3O5. The van der Waals surface area contributed by atoms with Gasteiger partial charge in [0.05, 0.1) is 24.3 Å². The summed E-state index contributed by atoms with van der Waals surface area (Å²) in [5, 5.41) is 2.42. The van der Waals surface area contributed by atoms with Gasteiger partial charge in [-0.15, -0.1) is 0 Å². The number of ketones is 1. The van der Waals surface area contributed by atoms with E-state index in [1.54, 1.807) is 12.1 Å². The number of rotatable bonds is 6. The first kappa shape index (κ1) is 20.8. The maximum Gasteiger partial charge on any atom is 0.309 e. The summed E-state index contributed by atoms with van der Waals surface area (Å²) in [7, 11) is 0. The lowest BCUT2D eigenvalue weighted by molar-refractivity contribution is -0.161. The third-order valence-corrected chi connectivity index (χ3v) is 4.13. The van der Waals surface area contributed by atoms with Crippen molar-refractivity contribution in [1.29, 1.82) is 0 Å². The van der Waals surface area contributed by atoms with E-state index < -0.39 is 17.3 Å². The molecule has 1 aromatic heterocycles. The molecule has 0 radical (unpaired) electrons. The Morgan fingerprint density at radius 2 is 1.85 bits per heavy atom. The highest BCUT2D eigenvalue weighted by Crippen LogP contribution is 2.29. The number of ether oxygens (including phenoxy) is 2.